The van der Waals surface area contributed by atoms with E-state index in [0.29, 0.717) is 0 Å². The lowest BCUT2D eigenvalue weighted by atomic mass is 10.2. The maximum Gasteiger partial charge on any atom is -0.0131 e. The van der Waals surface area contributed by atoms with Crippen molar-refractivity contribution in [2.24, 2.45) is 11.8 Å². The molecule has 0 aromatic rings. The van der Waals surface area contributed by atoms with Crippen molar-refractivity contribution >= 4 is 0 Å². The highest BCUT2D eigenvalue weighted by atomic mass is 14.4. The summed E-state index contributed by atoms with van der Waals surface area (Å²) in [7, 11) is 0. The van der Waals surface area contributed by atoms with E-state index >= 15 is 0 Å². The molecule has 11 heavy (non-hydrogen) atoms. The van der Waals surface area contributed by atoms with Crippen molar-refractivity contribution in [1.82, 2.24) is 0 Å². The van der Waals surface area contributed by atoms with Crippen LogP contribution in [0.15, 0.2) is 35.5 Å². The van der Waals surface area contributed by atoms with E-state index in [1.165, 1.54) is 12.0 Å². The second-order valence-electron chi connectivity index (χ2n) is 3.43. The summed E-state index contributed by atoms with van der Waals surface area (Å²) in [5.74, 6) is 1.74. The van der Waals surface area contributed by atoms with E-state index in [-0.39, 0.29) is 0 Å². The van der Waals surface area contributed by atoms with Gasteiger partial charge < -0.3 is 0 Å². The highest BCUT2D eigenvalue weighted by Crippen LogP contribution is 2.50. The van der Waals surface area contributed by atoms with E-state index in [4.69, 9.17) is 0 Å². The fourth-order valence-corrected chi connectivity index (χ4v) is 2.08. The lowest BCUT2D eigenvalue weighted by Crippen LogP contribution is -1.70. The number of rotatable bonds is 1. The standard InChI is InChI=1S/C11H14/c1-3-10-8(2)11(10)9-6-4-5-7-9/h4-8,10H,3H2,1-2H3/t8-,10-/m0/s1. The molecular formula is C11H14. The largest absolute Gasteiger partial charge is 0.0648 e. The molecule has 2 aliphatic carbocycles. The fraction of sp³-hybridized carbons (Fsp3) is 0.455. The van der Waals surface area contributed by atoms with Gasteiger partial charge in [-0.05, 0) is 23.8 Å². The lowest BCUT2D eigenvalue weighted by Gasteiger charge is -1.86. The van der Waals surface area contributed by atoms with Crippen LogP contribution in [0.2, 0.25) is 0 Å². The smallest absolute Gasteiger partial charge is 0.0131 e. The summed E-state index contributed by atoms with van der Waals surface area (Å²) in [6, 6.07) is 0. The Kier molecular flexibility index (Phi) is 1.49. The van der Waals surface area contributed by atoms with Gasteiger partial charge in [0.1, 0.15) is 0 Å². The molecule has 0 nitrogen and oxygen atoms in total. The molecule has 1 fully saturated rings. The van der Waals surface area contributed by atoms with Crippen molar-refractivity contribution in [3.8, 4) is 0 Å². The number of hydrogen-bond donors (Lipinski definition) is 0. The average Bonchev–Trinajstić information content (AvgIpc) is 2.53. The number of allylic oxidation sites excluding steroid dienone is 6. The normalized spacial score (nSPS) is 33.6. The highest BCUT2D eigenvalue weighted by molar-refractivity contribution is 5.50. The van der Waals surface area contributed by atoms with Gasteiger partial charge in [-0.3, -0.25) is 0 Å². The third-order valence-corrected chi connectivity index (χ3v) is 2.82. The quantitative estimate of drug-likeness (QED) is 0.533. The summed E-state index contributed by atoms with van der Waals surface area (Å²) in [6.07, 6.45) is 10.0. The molecule has 0 heteroatoms. The van der Waals surface area contributed by atoms with E-state index in [9.17, 15) is 0 Å². The van der Waals surface area contributed by atoms with Gasteiger partial charge in [0.25, 0.3) is 0 Å². The predicted molar refractivity (Wildman–Crippen MR) is 48.3 cm³/mol. The molecule has 0 bridgehead atoms. The molecule has 2 aliphatic rings. The molecule has 0 amide bonds. The zero-order valence-electron chi connectivity index (χ0n) is 7.17. The van der Waals surface area contributed by atoms with Gasteiger partial charge in [-0.1, -0.05) is 43.7 Å². The molecule has 1 saturated carbocycles. The van der Waals surface area contributed by atoms with Gasteiger partial charge in [-0.15, -0.1) is 0 Å². The average molecular weight is 146 g/mol. The minimum absolute atomic E-state index is 0.849. The minimum Gasteiger partial charge on any atom is -0.0648 e. The van der Waals surface area contributed by atoms with Crippen LogP contribution < -0.4 is 0 Å². The monoisotopic (exact) mass is 146 g/mol. The molecule has 0 aliphatic heterocycles. The van der Waals surface area contributed by atoms with Crippen LogP contribution >= 0.6 is 0 Å². The maximum atomic E-state index is 2.33. The van der Waals surface area contributed by atoms with E-state index < -0.39 is 0 Å². The summed E-state index contributed by atoms with van der Waals surface area (Å²) >= 11 is 0. The summed E-state index contributed by atoms with van der Waals surface area (Å²) in [6.45, 7) is 4.60. The molecule has 0 heterocycles. The Morgan fingerprint density at radius 2 is 1.91 bits per heavy atom. The SMILES string of the molecule is CC[C@@H]1C(=C2C=CC=C2)[C@H]1C. The summed E-state index contributed by atoms with van der Waals surface area (Å²) in [4.78, 5) is 0. The molecule has 0 unspecified atom stereocenters. The molecule has 58 valence electrons. The second kappa shape index (κ2) is 2.37. The fourth-order valence-electron chi connectivity index (χ4n) is 2.08. The van der Waals surface area contributed by atoms with Crippen molar-refractivity contribution in [3.05, 3.63) is 35.5 Å². The Bertz CT molecular complexity index is 239. The molecule has 0 spiro atoms. The molecule has 0 aromatic heterocycles. The molecule has 0 saturated heterocycles. The summed E-state index contributed by atoms with van der Waals surface area (Å²) in [5, 5.41) is 0. The Morgan fingerprint density at radius 1 is 1.27 bits per heavy atom. The van der Waals surface area contributed by atoms with Crippen LogP contribution in [0, 0.1) is 11.8 Å². The predicted octanol–water partition coefficient (Wildman–Crippen LogP) is 3.08. The van der Waals surface area contributed by atoms with E-state index in [2.05, 4.69) is 38.2 Å². The molecule has 2 atom stereocenters. The molecule has 0 aromatic carbocycles. The topological polar surface area (TPSA) is 0 Å². The molecular weight excluding hydrogens is 132 g/mol. The van der Waals surface area contributed by atoms with Crippen LogP contribution in [-0.2, 0) is 0 Å². The van der Waals surface area contributed by atoms with Crippen LogP contribution in [-0.4, -0.2) is 0 Å². The van der Waals surface area contributed by atoms with E-state index in [0.717, 1.165) is 11.8 Å². The first-order chi connectivity index (χ1) is 5.34. The van der Waals surface area contributed by atoms with Crippen LogP contribution in [0.3, 0.4) is 0 Å². The van der Waals surface area contributed by atoms with Crippen molar-refractivity contribution < 1.29 is 0 Å². The minimum atomic E-state index is 0.849. The first-order valence-corrected chi connectivity index (χ1v) is 4.43. The van der Waals surface area contributed by atoms with Gasteiger partial charge in [0.2, 0.25) is 0 Å². The highest BCUT2D eigenvalue weighted by Gasteiger charge is 2.39. The summed E-state index contributed by atoms with van der Waals surface area (Å²) < 4.78 is 0. The Labute approximate surface area is 68.3 Å². The third kappa shape index (κ3) is 0.973. The van der Waals surface area contributed by atoms with E-state index in [1.807, 2.05) is 0 Å². The van der Waals surface area contributed by atoms with Gasteiger partial charge in [-0.25, -0.2) is 0 Å². The van der Waals surface area contributed by atoms with Gasteiger partial charge in [0.15, 0.2) is 0 Å². The van der Waals surface area contributed by atoms with Crippen LogP contribution in [0.4, 0.5) is 0 Å². The Balaban J connectivity index is 2.24. The van der Waals surface area contributed by atoms with Gasteiger partial charge >= 0.3 is 0 Å². The van der Waals surface area contributed by atoms with E-state index in [1.54, 1.807) is 5.57 Å². The van der Waals surface area contributed by atoms with Crippen molar-refractivity contribution in [2.45, 2.75) is 20.3 Å². The van der Waals surface area contributed by atoms with Crippen molar-refractivity contribution in [1.29, 1.82) is 0 Å². The molecule has 2 rings (SSSR count). The first kappa shape index (κ1) is 6.90. The van der Waals surface area contributed by atoms with Crippen LogP contribution in [0.1, 0.15) is 20.3 Å². The Hall–Kier alpha value is -0.780. The zero-order valence-corrected chi connectivity index (χ0v) is 7.17. The Morgan fingerprint density at radius 3 is 2.36 bits per heavy atom. The first-order valence-electron chi connectivity index (χ1n) is 4.43. The van der Waals surface area contributed by atoms with Crippen molar-refractivity contribution in [2.75, 3.05) is 0 Å². The van der Waals surface area contributed by atoms with Gasteiger partial charge in [0, 0.05) is 0 Å². The van der Waals surface area contributed by atoms with Crippen LogP contribution in [0.5, 0.6) is 0 Å². The molecule has 0 radical (unpaired) electrons. The zero-order chi connectivity index (χ0) is 7.84. The summed E-state index contributed by atoms with van der Waals surface area (Å²) in [5.41, 5.74) is 3.15. The second-order valence-corrected chi connectivity index (χ2v) is 3.43. The van der Waals surface area contributed by atoms with Crippen molar-refractivity contribution in [3.63, 3.8) is 0 Å². The number of hydrogen-bond acceptors (Lipinski definition) is 0. The van der Waals surface area contributed by atoms with Crippen LogP contribution in [0.25, 0.3) is 0 Å². The molecule has 0 N–H and O–H groups in total. The lowest BCUT2D eigenvalue weighted by molar-refractivity contribution is 0.727. The third-order valence-electron chi connectivity index (χ3n) is 2.82. The van der Waals surface area contributed by atoms with Gasteiger partial charge in [0.05, 0.1) is 0 Å². The maximum absolute atomic E-state index is 2.33. The van der Waals surface area contributed by atoms with Gasteiger partial charge in [-0.2, -0.15) is 0 Å².